The molecule has 0 spiro atoms. The molecule has 0 aliphatic heterocycles. The minimum absolute atomic E-state index is 0.272. The van der Waals surface area contributed by atoms with E-state index in [9.17, 15) is 4.79 Å². The second-order valence-electron chi connectivity index (χ2n) is 7.35. The molecule has 1 aromatic heterocycles. The van der Waals surface area contributed by atoms with Gasteiger partial charge in [-0.25, -0.2) is 0 Å². The molecule has 0 radical (unpaired) electrons. The molecular weight excluding hydrogens is 332 g/mol. The molecule has 3 nitrogen and oxygen atoms in total. The second-order valence-corrected chi connectivity index (χ2v) is 7.35. The quantitative estimate of drug-likeness (QED) is 0.575. The number of carbonyl (C=O) groups is 1. The first kappa shape index (κ1) is 17.6. The van der Waals surface area contributed by atoms with E-state index in [2.05, 4.69) is 64.2 Å². The lowest BCUT2D eigenvalue weighted by Gasteiger charge is -2.23. The number of aromatic nitrogens is 1. The van der Waals surface area contributed by atoms with E-state index in [1.54, 1.807) is 0 Å². The molecule has 3 aromatic rings. The van der Waals surface area contributed by atoms with E-state index in [0.29, 0.717) is 19.0 Å². The van der Waals surface area contributed by atoms with Crippen LogP contribution >= 0.6 is 0 Å². The van der Waals surface area contributed by atoms with Gasteiger partial charge in [0.2, 0.25) is 5.91 Å². The van der Waals surface area contributed by atoms with Gasteiger partial charge in [-0.2, -0.15) is 0 Å². The molecule has 0 unspecified atom stereocenters. The predicted octanol–water partition coefficient (Wildman–Crippen LogP) is 4.66. The van der Waals surface area contributed by atoms with Crippen LogP contribution in [-0.2, 0) is 24.3 Å². The highest BCUT2D eigenvalue weighted by atomic mass is 16.2. The SMILES string of the molecule is O=C(CCc1ccccc1)N(Cc1cccn1Cc1ccccc1)C1CC1. The minimum Gasteiger partial charge on any atom is -0.345 e. The standard InChI is InChI=1S/C24H26N2O/c27-24(16-13-20-8-3-1-4-9-20)26(22-14-15-22)19-23-12-7-17-25(23)18-21-10-5-2-6-11-21/h1-12,17,22H,13-16,18-19H2. The number of hydrogen-bond acceptors (Lipinski definition) is 1. The first-order valence-electron chi connectivity index (χ1n) is 9.81. The van der Waals surface area contributed by atoms with Crippen LogP contribution in [-0.4, -0.2) is 21.4 Å². The summed E-state index contributed by atoms with van der Waals surface area (Å²) in [5.41, 5.74) is 3.72. The molecule has 0 N–H and O–H groups in total. The van der Waals surface area contributed by atoms with Crippen molar-refractivity contribution in [1.82, 2.24) is 9.47 Å². The van der Waals surface area contributed by atoms with E-state index < -0.39 is 0 Å². The molecule has 1 amide bonds. The zero-order chi connectivity index (χ0) is 18.5. The number of rotatable bonds is 8. The summed E-state index contributed by atoms with van der Waals surface area (Å²) >= 11 is 0. The van der Waals surface area contributed by atoms with Crippen molar-refractivity contribution in [3.8, 4) is 0 Å². The van der Waals surface area contributed by atoms with Crippen LogP contribution < -0.4 is 0 Å². The highest BCUT2D eigenvalue weighted by Crippen LogP contribution is 2.29. The molecule has 2 aromatic carbocycles. The molecule has 1 saturated carbocycles. The van der Waals surface area contributed by atoms with E-state index >= 15 is 0 Å². The molecular formula is C24H26N2O. The summed E-state index contributed by atoms with van der Waals surface area (Å²) in [6.45, 7) is 1.55. The van der Waals surface area contributed by atoms with Gasteiger partial charge < -0.3 is 9.47 Å². The van der Waals surface area contributed by atoms with Gasteiger partial charge in [-0.05, 0) is 42.5 Å². The monoisotopic (exact) mass is 358 g/mol. The van der Waals surface area contributed by atoms with Gasteiger partial charge in [0.1, 0.15) is 0 Å². The van der Waals surface area contributed by atoms with Gasteiger partial charge in [0.25, 0.3) is 0 Å². The van der Waals surface area contributed by atoms with Crippen LogP contribution in [0.2, 0.25) is 0 Å². The third-order valence-corrected chi connectivity index (χ3v) is 5.23. The fraction of sp³-hybridized carbons (Fsp3) is 0.292. The average molecular weight is 358 g/mol. The highest BCUT2D eigenvalue weighted by Gasteiger charge is 2.32. The summed E-state index contributed by atoms with van der Waals surface area (Å²) in [5.74, 6) is 0.272. The summed E-state index contributed by atoms with van der Waals surface area (Å²) in [5, 5.41) is 0. The smallest absolute Gasteiger partial charge is 0.223 e. The summed E-state index contributed by atoms with van der Waals surface area (Å²) in [6, 6.07) is 25.4. The zero-order valence-corrected chi connectivity index (χ0v) is 15.6. The lowest BCUT2D eigenvalue weighted by atomic mass is 10.1. The molecule has 138 valence electrons. The molecule has 0 atom stereocenters. The third kappa shape index (κ3) is 4.68. The lowest BCUT2D eigenvalue weighted by molar-refractivity contribution is -0.132. The van der Waals surface area contributed by atoms with Gasteiger partial charge in [-0.1, -0.05) is 60.7 Å². The maximum atomic E-state index is 12.9. The molecule has 27 heavy (non-hydrogen) atoms. The molecule has 1 aliphatic rings. The minimum atomic E-state index is 0.272. The Morgan fingerprint density at radius 2 is 1.56 bits per heavy atom. The maximum Gasteiger partial charge on any atom is 0.223 e. The Morgan fingerprint density at radius 1 is 0.889 bits per heavy atom. The maximum absolute atomic E-state index is 12.9. The third-order valence-electron chi connectivity index (χ3n) is 5.23. The number of amides is 1. The Balaban J connectivity index is 1.42. The van der Waals surface area contributed by atoms with Gasteiger partial charge in [-0.3, -0.25) is 4.79 Å². The second kappa shape index (κ2) is 8.26. The fourth-order valence-corrected chi connectivity index (χ4v) is 3.55. The first-order valence-corrected chi connectivity index (χ1v) is 9.81. The Bertz CT molecular complexity index is 866. The Morgan fingerprint density at radius 3 is 2.22 bits per heavy atom. The van der Waals surface area contributed by atoms with E-state index in [-0.39, 0.29) is 5.91 Å². The van der Waals surface area contributed by atoms with E-state index in [1.165, 1.54) is 16.8 Å². The van der Waals surface area contributed by atoms with Gasteiger partial charge >= 0.3 is 0 Å². The summed E-state index contributed by atoms with van der Waals surface area (Å²) < 4.78 is 2.26. The number of benzene rings is 2. The normalized spacial score (nSPS) is 13.5. The van der Waals surface area contributed by atoms with Crippen LogP contribution in [0.3, 0.4) is 0 Å². The summed E-state index contributed by atoms with van der Waals surface area (Å²) in [6.07, 6.45) is 5.78. The van der Waals surface area contributed by atoms with Gasteiger partial charge in [0.05, 0.1) is 6.54 Å². The van der Waals surface area contributed by atoms with Crippen molar-refractivity contribution in [2.45, 2.75) is 44.8 Å². The number of nitrogens with zero attached hydrogens (tertiary/aromatic N) is 2. The molecule has 1 fully saturated rings. The largest absolute Gasteiger partial charge is 0.345 e. The molecule has 0 bridgehead atoms. The predicted molar refractivity (Wildman–Crippen MR) is 108 cm³/mol. The Hall–Kier alpha value is -2.81. The number of aryl methyl sites for hydroxylation is 1. The van der Waals surface area contributed by atoms with E-state index in [1.807, 2.05) is 24.3 Å². The zero-order valence-electron chi connectivity index (χ0n) is 15.6. The lowest BCUT2D eigenvalue weighted by Crippen LogP contribution is -2.33. The molecule has 1 heterocycles. The van der Waals surface area contributed by atoms with Crippen LogP contribution in [0, 0.1) is 0 Å². The van der Waals surface area contributed by atoms with Crippen molar-refractivity contribution in [2.24, 2.45) is 0 Å². The molecule has 0 saturated heterocycles. The number of hydrogen-bond donors (Lipinski definition) is 0. The van der Waals surface area contributed by atoms with Crippen LogP contribution in [0.5, 0.6) is 0 Å². The number of carbonyl (C=O) groups excluding carboxylic acids is 1. The average Bonchev–Trinajstić information content (AvgIpc) is 3.46. The van der Waals surface area contributed by atoms with Crippen LogP contribution in [0.25, 0.3) is 0 Å². The van der Waals surface area contributed by atoms with Crippen molar-refractivity contribution in [1.29, 1.82) is 0 Å². The van der Waals surface area contributed by atoms with Crippen LogP contribution in [0.15, 0.2) is 79.0 Å². The van der Waals surface area contributed by atoms with Crippen LogP contribution in [0.1, 0.15) is 36.1 Å². The van der Waals surface area contributed by atoms with E-state index in [4.69, 9.17) is 0 Å². The fourth-order valence-electron chi connectivity index (χ4n) is 3.55. The summed E-state index contributed by atoms with van der Waals surface area (Å²) in [4.78, 5) is 15.0. The van der Waals surface area contributed by atoms with Gasteiger partial charge in [0, 0.05) is 30.9 Å². The van der Waals surface area contributed by atoms with Crippen molar-refractivity contribution in [2.75, 3.05) is 0 Å². The molecule has 1 aliphatic carbocycles. The topological polar surface area (TPSA) is 25.2 Å². The van der Waals surface area contributed by atoms with Crippen molar-refractivity contribution < 1.29 is 4.79 Å². The highest BCUT2D eigenvalue weighted by molar-refractivity contribution is 5.77. The van der Waals surface area contributed by atoms with Crippen molar-refractivity contribution in [3.05, 3.63) is 95.8 Å². The van der Waals surface area contributed by atoms with Crippen LogP contribution in [0.4, 0.5) is 0 Å². The Kier molecular flexibility index (Phi) is 5.38. The summed E-state index contributed by atoms with van der Waals surface area (Å²) in [7, 11) is 0. The molecule has 4 rings (SSSR count). The van der Waals surface area contributed by atoms with E-state index in [0.717, 1.165) is 25.8 Å². The first-order chi connectivity index (χ1) is 13.3. The Labute approximate surface area is 161 Å². The van der Waals surface area contributed by atoms with Gasteiger partial charge in [0.15, 0.2) is 0 Å². The van der Waals surface area contributed by atoms with Crippen molar-refractivity contribution in [3.63, 3.8) is 0 Å². The van der Waals surface area contributed by atoms with Gasteiger partial charge in [-0.15, -0.1) is 0 Å². The molecule has 3 heteroatoms. The van der Waals surface area contributed by atoms with Crippen molar-refractivity contribution >= 4 is 5.91 Å².